The largest absolute Gasteiger partial charge is 0.324 e. The van der Waals surface area contributed by atoms with Gasteiger partial charge in [-0.05, 0) is 50.2 Å². The SMILES string of the molecule is Cc1nc2nc(n1)Nc1cccc(c1)Nc1nc(C)nc(n1)Nc1cccc(c1)N2. The predicted octanol–water partition coefficient (Wildman–Crippen LogP) is 3.96. The van der Waals surface area contributed by atoms with E-state index in [9.17, 15) is 0 Å². The average molecular weight is 398 g/mol. The van der Waals surface area contributed by atoms with Crippen molar-refractivity contribution in [2.24, 2.45) is 0 Å². The van der Waals surface area contributed by atoms with Gasteiger partial charge in [0.05, 0.1) is 0 Å². The maximum absolute atomic E-state index is 4.48. The Bertz CT molecular complexity index is 1060. The van der Waals surface area contributed by atoms with Crippen LogP contribution in [-0.2, 0) is 0 Å². The van der Waals surface area contributed by atoms with Crippen LogP contribution in [0.5, 0.6) is 0 Å². The van der Waals surface area contributed by atoms with Crippen molar-refractivity contribution in [1.82, 2.24) is 29.9 Å². The third kappa shape index (κ3) is 3.92. The van der Waals surface area contributed by atoms with Crippen LogP contribution >= 0.6 is 0 Å². The first-order chi connectivity index (χ1) is 14.6. The Morgan fingerprint density at radius 1 is 0.467 bits per heavy atom. The molecule has 8 bridgehead atoms. The lowest BCUT2D eigenvalue weighted by Crippen LogP contribution is -2.07. The Kier molecular flexibility index (Phi) is 4.28. The van der Waals surface area contributed by atoms with Crippen LogP contribution in [0.4, 0.5) is 46.5 Å². The van der Waals surface area contributed by atoms with E-state index >= 15 is 0 Å². The third-order valence-electron chi connectivity index (χ3n) is 4.24. The minimum Gasteiger partial charge on any atom is -0.324 e. The van der Waals surface area contributed by atoms with Gasteiger partial charge in [-0.25, -0.2) is 0 Å². The lowest BCUT2D eigenvalue weighted by Gasteiger charge is -2.13. The highest BCUT2D eigenvalue weighted by molar-refractivity contribution is 5.67. The monoisotopic (exact) mass is 398 g/mol. The standard InChI is InChI=1S/C20H18N10/c1-11-21-17-25-13-5-3-7-15(9-13)27-19-23-12(2)24-20(30-19)28-16-8-4-6-14(10-16)26-18(22-11)29-17/h3-10H,1-2H3,(H2,21,22,25,26,29)(H2,23,24,27,28,30). The molecule has 0 spiro atoms. The molecular formula is C20H18N10. The molecule has 2 aromatic carbocycles. The topological polar surface area (TPSA) is 125 Å². The number of aromatic nitrogens is 6. The fraction of sp³-hybridized carbons (Fsp3) is 0.100. The van der Waals surface area contributed by atoms with Crippen molar-refractivity contribution in [3.8, 4) is 0 Å². The molecule has 0 radical (unpaired) electrons. The lowest BCUT2D eigenvalue weighted by molar-refractivity contribution is 0.987. The van der Waals surface area contributed by atoms with Crippen LogP contribution in [0.1, 0.15) is 11.6 Å². The minimum absolute atomic E-state index is 0.446. The Balaban J connectivity index is 1.63. The molecule has 10 heteroatoms. The highest BCUT2D eigenvalue weighted by Crippen LogP contribution is 2.24. The Labute approximate surface area is 172 Å². The van der Waals surface area contributed by atoms with Gasteiger partial charge in [-0.15, -0.1) is 0 Å². The fourth-order valence-corrected chi connectivity index (χ4v) is 3.05. The van der Waals surface area contributed by atoms with Gasteiger partial charge in [0, 0.05) is 22.7 Å². The van der Waals surface area contributed by atoms with Gasteiger partial charge >= 0.3 is 0 Å². The number of fused-ring (bicyclic) bond motifs is 8. The number of hydrogen-bond acceptors (Lipinski definition) is 10. The molecule has 0 atom stereocenters. The quantitative estimate of drug-likeness (QED) is 0.304. The second-order valence-corrected chi connectivity index (χ2v) is 6.72. The number of aryl methyl sites for hydroxylation is 2. The summed E-state index contributed by atoms with van der Waals surface area (Å²) in [5.74, 6) is 2.98. The summed E-state index contributed by atoms with van der Waals surface area (Å²) in [5, 5.41) is 12.9. The summed E-state index contributed by atoms with van der Waals surface area (Å²) in [7, 11) is 0. The molecule has 30 heavy (non-hydrogen) atoms. The normalized spacial score (nSPS) is 12.1. The zero-order valence-corrected chi connectivity index (χ0v) is 16.3. The summed E-state index contributed by atoms with van der Waals surface area (Å²) in [4.78, 5) is 26.5. The molecular weight excluding hydrogens is 380 g/mol. The van der Waals surface area contributed by atoms with Crippen LogP contribution in [-0.4, -0.2) is 29.9 Å². The molecule has 1 aliphatic rings. The zero-order chi connectivity index (χ0) is 20.5. The van der Waals surface area contributed by atoms with Crippen LogP contribution in [0.25, 0.3) is 0 Å². The molecule has 148 valence electrons. The molecule has 3 heterocycles. The van der Waals surface area contributed by atoms with E-state index in [4.69, 9.17) is 0 Å². The maximum Gasteiger partial charge on any atom is 0.232 e. The van der Waals surface area contributed by atoms with Gasteiger partial charge in [0.15, 0.2) is 0 Å². The van der Waals surface area contributed by atoms with Crippen LogP contribution in [0.15, 0.2) is 48.5 Å². The summed E-state index contributed by atoms with van der Waals surface area (Å²) in [6, 6.07) is 15.4. The molecule has 0 aliphatic carbocycles. The first-order valence-electron chi connectivity index (χ1n) is 9.33. The molecule has 10 nitrogen and oxygen atoms in total. The van der Waals surface area contributed by atoms with E-state index in [0.29, 0.717) is 35.4 Å². The fourth-order valence-electron chi connectivity index (χ4n) is 3.05. The number of nitrogens with one attached hydrogen (secondary N) is 4. The predicted molar refractivity (Wildman–Crippen MR) is 115 cm³/mol. The van der Waals surface area contributed by atoms with E-state index in [1.807, 2.05) is 62.4 Å². The van der Waals surface area contributed by atoms with Crippen molar-refractivity contribution in [1.29, 1.82) is 0 Å². The highest BCUT2D eigenvalue weighted by atomic mass is 15.2. The molecule has 0 saturated carbocycles. The molecule has 0 amide bonds. The van der Waals surface area contributed by atoms with E-state index < -0.39 is 0 Å². The van der Waals surface area contributed by atoms with Crippen LogP contribution in [0, 0.1) is 13.8 Å². The van der Waals surface area contributed by atoms with Crippen molar-refractivity contribution >= 4 is 46.5 Å². The van der Waals surface area contributed by atoms with Crippen LogP contribution < -0.4 is 21.3 Å². The maximum atomic E-state index is 4.48. The van der Waals surface area contributed by atoms with Crippen LogP contribution in [0.3, 0.4) is 0 Å². The van der Waals surface area contributed by atoms with E-state index in [0.717, 1.165) is 22.7 Å². The van der Waals surface area contributed by atoms with Gasteiger partial charge < -0.3 is 21.3 Å². The van der Waals surface area contributed by atoms with Gasteiger partial charge in [-0.2, -0.15) is 29.9 Å². The average Bonchev–Trinajstić information content (AvgIpc) is 2.67. The number of nitrogens with zero attached hydrogens (tertiary/aromatic N) is 6. The number of rotatable bonds is 0. The molecule has 5 rings (SSSR count). The molecule has 4 aromatic rings. The van der Waals surface area contributed by atoms with Gasteiger partial charge in [-0.3, -0.25) is 0 Å². The molecule has 0 unspecified atom stereocenters. The molecule has 0 saturated heterocycles. The van der Waals surface area contributed by atoms with Gasteiger partial charge in [0.2, 0.25) is 23.8 Å². The van der Waals surface area contributed by atoms with Gasteiger partial charge in [-0.1, -0.05) is 12.1 Å². The summed E-state index contributed by atoms with van der Waals surface area (Å²) in [6.45, 7) is 3.65. The van der Waals surface area contributed by atoms with Crippen molar-refractivity contribution in [3.05, 3.63) is 60.2 Å². The number of benzene rings is 2. The van der Waals surface area contributed by atoms with E-state index in [-0.39, 0.29) is 0 Å². The van der Waals surface area contributed by atoms with Crippen LogP contribution in [0.2, 0.25) is 0 Å². The summed E-state index contributed by atoms with van der Waals surface area (Å²) < 4.78 is 0. The van der Waals surface area contributed by atoms with Gasteiger partial charge in [0.1, 0.15) is 11.6 Å². The summed E-state index contributed by atoms with van der Waals surface area (Å²) in [5.41, 5.74) is 3.26. The highest BCUT2D eigenvalue weighted by Gasteiger charge is 2.09. The second-order valence-electron chi connectivity index (χ2n) is 6.72. The van der Waals surface area contributed by atoms with Crippen molar-refractivity contribution in [2.45, 2.75) is 13.8 Å². The molecule has 1 aliphatic heterocycles. The first-order valence-corrected chi connectivity index (χ1v) is 9.33. The van der Waals surface area contributed by atoms with E-state index in [1.54, 1.807) is 0 Å². The molecule has 2 aromatic heterocycles. The molecule has 4 N–H and O–H groups in total. The van der Waals surface area contributed by atoms with Gasteiger partial charge in [0.25, 0.3) is 0 Å². The lowest BCUT2D eigenvalue weighted by atomic mass is 10.2. The molecule has 0 fully saturated rings. The zero-order valence-electron chi connectivity index (χ0n) is 16.3. The minimum atomic E-state index is 0.446. The third-order valence-corrected chi connectivity index (χ3v) is 4.24. The number of anilines is 8. The van der Waals surface area contributed by atoms with E-state index in [1.165, 1.54) is 0 Å². The first kappa shape index (κ1) is 17.7. The Hall–Kier alpha value is -4.34. The second kappa shape index (κ2) is 7.24. The smallest absolute Gasteiger partial charge is 0.232 e. The Morgan fingerprint density at radius 3 is 1.07 bits per heavy atom. The summed E-state index contributed by atoms with van der Waals surface area (Å²) in [6.07, 6.45) is 0. The Morgan fingerprint density at radius 2 is 0.767 bits per heavy atom. The van der Waals surface area contributed by atoms with Crippen molar-refractivity contribution in [3.63, 3.8) is 0 Å². The number of hydrogen-bond donors (Lipinski definition) is 4. The van der Waals surface area contributed by atoms with Crippen molar-refractivity contribution < 1.29 is 0 Å². The summed E-state index contributed by atoms with van der Waals surface area (Å²) >= 11 is 0. The van der Waals surface area contributed by atoms with E-state index in [2.05, 4.69) is 51.2 Å². The van der Waals surface area contributed by atoms with Crippen molar-refractivity contribution in [2.75, 3.05) is 21.3 Å².